The van der Waals surface area contributed by atoms with Crippen molar-refractivity contribution in [3.05, 3.63) is 11.6 Å². The number of aliphatic hydroxyl groups is 1. The van der Waals surface area contributed by atoms with Crippen molar-refractivity contribution in [2.24, 2.45) is 11.3 Å². The van der Waals surface area contributed by atoms with Crippen LogP contribution in [-0.2, 0) is 4.79 Å². The lowest BCUT2D eigenvalue weighted by atomic mass is 9.63. The van der Waals surface area contributed by atoms with Gasteiger partial charge in [0.25, 0.3) is 0 Å². The summed E-state index contributed by atoms with van der Waals surface area (Å²) < 4.78 is 0. The number of fused-ring (bicyclic) bond motifs is 2. The Morgan fingerprint density at radius 2 is 2.29 bits per heavy atom. The van der Waals surface area contributed by atoms with Crippen LogP contribution >= 0.6 is 0 Å². The standard InChI is InChI=1S/C11H16O3/c1-7-2-8-3-9(12)6-11(4-7,5-8)10(13)14/h2,7,9,12H,3-6H2,1H3,(H,13,14). The fourth-order valence-corrected chi connectivity index (χ4v) is 3.02. The van der Waals surface area contributed by atoms with E-state index >= 15 is 0 Å². The first kappa shape index (κ1) is 9.71. The van der Waals surface area contributed by atoms with E-state index in [9.17, 15) is 15.0 Å². The second-order valence-electron chi connectivity index (χ2n) is 4.83. The minimum Gasteiger partial charge on any atom is -0.481 e. The third-order valence-electron chi connectivity index (χ3n) is 3.38. The number of rotatable bonds is 1. The first-order valence-electron chi connectivity index (χ1n) is 5.13. The van der Waals surface area contributed by atoms with Crippen LogP contribution in [0.3, 0.4) is 0 Å². The zero-order valence-corrected chi connectivity index (χ0v) is 8.36. The van der Waals surface area contributed by atoms with Gasteiger partial charge in [-0.2, -0.15) is 0 Å². The Morgan fingerprint density at radius 1 is 1.57 bits per heavy atom. The SMILES string of the molecule is CC1C=C2CC(O)CC(C(=O)O)(C2)C1. The molecule has 3 atom stereocenters. The van der Waals surface area contributed by atoms with Crippen molar-refractivity contribution in [3.63, 3.8) is 0 Å². The van der Waals surface area contributed by atoms with Gasteiger partial charge in [0.15, 0.2) is 0 Å². The van der Waals surface area contributed by atoms with Gasteiger partial charge in [0.05, 0.1) is 11.5 Å². The topological polar surface area (TPSA) is 57.5 Å². The van der Waals surface area contributed by atoms with E-state index in [1.54, 1.807) is 0 Å². The molecule has 1 saturated carbocycles. The number of hydrogen-bond donors (Lipinski definition) is 2. The zero-order valence-electron chi connectivity index (χ0n) is 8.36. The monoisotopic (exact) mass is 196 g/mol. The van der Waals surface area contributed by atoms with Crippen LogP contribution in [0.4, 0.5) is 0 Å². The molecule has 0 aromatic carbocycles. The number of carboxylic acids is 1. The Morgan fingerprint density at radius 3 is 2.93 bits per heavy atom. The number of hydrogen-bond acceptors (Lipinski definition) is 2. The molecule has 0 aromatic heterocycles. The molecule has 2 bridgehead atoms. The van der Waals surface area contributed by atoms with E-state index in [0.29, 0.717) is 31.6 Å². The summed E-state index contributed by atoms with van der Waals surface area (Å²) in [6, 6.07) is 0. The molecule has 0 spiro atoms. The highest BCUT2D eigenvalue weighted by molar-refractivity contribution is 5.76. The van der Waals surface area contributed by atoms with E-state index in [1.807, 2.05) is 0 Å². The average Bonchev–Trinajstić information content (AvgIpc) is 2.00. The number of carbonyl (C=O) groups is 1. The Kier molecular flexibility index (Phi) is 2.14. The lowest BCUT2D eigenvalue weighted by molar-refractivity contribution is -0.154. The maximum absolute atomic E-state index is 11.2. The molecule has 0 amide bonds. The van der Waals surface area contributed by atoms with E-state index in [-0.39, 0.29) is 0 Å². The first-order valence-corrected chi connectivity index (χ1v) is 5.13. The van der Waals surface area contributed by atoms with Gasteiger partial charge in [-0.15, -0.1) is 0 Å². The summed E-state index contributed by atoms with van der Waals surface area (Å²) in [6.45, 7) is 2.05. The van der Waals surface area contributed by atoms with Crippen LogP contribution in [-0.4, -0.2) is 22.3 Å². The zero-order chi connectivity index (χ0) is 10.3. The third kappa shape index (κ3) is 1.46. The smallest absolute Gasteiger partial charge is 0.310 e. The second-order valence-corrected chi connectivity index (χ2v) is 4.83. The van der Waals surface area contributed by atoms with Gasteiger partial charge >= 0.3 is 5.97 Å². The lowest BCUT2D eigenvalue weighted by Gasteiger charge is -2.42. The van der Waals surface area contributed by atoms with E-state index in [2.05, 4.69) is 13.0 Å². The van der Waals surface area contributed by atoms with E-state index in [4.69, 9.17) is 0 Å². The molecule has 0 aromatic rings. The van der Waals surface area contributed by atoms with Gasteiger partial charge < -0.3 is 10.2 Å². The number of allylic oxidation sites excluding steroid dienone is 1. The van der Waals surface area contributed by atoms with Crippen molar-refractivity contribution in [2.45, 2.75) is 38.7 Å². The highest BCUT2D eigenvalue weighted by Gasteiger charge is 2.46. The molecule has 78 valence electrons. The third-order valence-corrected chi connectivity index (χ3v) is 3.38. The summed E-state index contributed by atoms with van der Waals surface area (Å²) in [6.07, 6.45) is 4.07. The molecule has 3 heteroatoms. The van der Waals surface area contributed by atoms with E-state index < -0.39 is 17.5 Å². The molecule has 1 fully saturated rings. The molecular formula is C11H16O3. The molecule has 2 rings (SSSR count). The van der Waals surface area contributed by atoms with Crippen LogP contribution in [0.15, 0.2) is 11.6 Å². The van der Waals surface area contributed by atoms with E-state index in [0.717, 1.165) is 5.57 Å². The summed E-state index contributed by atoms with van der Waals surface area (Å²) >= 11 is 0. The van der Waals surface area contributed by atoms with Crippen molar-refractivity contribution in [2.75, 3.05) is 0 Å². The molecule has 2 N–H and O–H groups in total. The van der Waals surface area contributed by atoms with Crippen molar-refractivity contribution in [1.82, 2.24) is 0 Å². The van der Waals surface area contributed by atoms with Crippen LogP contribution in [0.25, 0.3) is 0 Å². The molecule has 0 saturated heterocycles. The normalized spacial score (nSPS) is 41.7. The summed E-state index contributed by atoms with van der Waals surface area (Å²) in [7, 11) is 0. The Labute approximate surface area is 83.4 Å². The molecule has 14 heavy (non-hydrogen) atoms. The Hall–Kier alpha value is -0.830. The van der Waals surface area contributed by atoms with Crippen LogP contribution in [0, 0.1) is 11.3 Å². The van der Waals surface area contributed by atoms with Crippen LogP contribution < -0.4 is 0 Å². The summed E-state index contributed by atoms with van der Waals surface area (Å²) in [5, 5.41) is 18.8. The molecule has 0 aliphatic heterocycles. The molecule has 3 nitrogen and oxygen atoms in total. The minimum absolute atomic E-state index is 0.336. The maximum Gasteiger partial charge on any atom is 0.310 e. The van der Waals surface area contributed by atoms with Crippen LogP contribution in [0.5, 0.6) is 0 Å². The van der Waals surface area contributed by atoms with Gasteiger partial charge in [-0.1, -0.05) is 18.6 Å². The molecule has 0 heterocycles. The molecule has 3 unspecified atom stereocenters. The number of aliphatic hydroxyl groups excluding tert-OH is 1. The summed E-state index contributed by atoms with van der Waals surface area (Å²) in [5.74, 6) is -0.406. The molecule has 2 aliphatic rings. The van der Waals surface area contributed by atoms with Gasteiger partial charge in [0, 0.05) is 0 Å². The fraction of sp³-hybridized carbons (Fsp3) is 0.727. The van der Waals surface area contributed by atoms with Crippen molar-refractivity contribution in [1.29, 1.82) is 0 Å². The Balaban J connectivity index is 2.33. The highest BCUT2D eigenvalue weighted by atomic mass is 16.4. The van der Waals surface area contributed by atoms with Gasteiger partial charge in [0.1, 0.15) is 0 Å². The van der Waals surface area contributed by atoms with Gasteiger partial charge in [-0.05, 0) is 31.6 Å². The predicted octanol–water partition coefficient (Wildman–Crippen LogP) is 1.57. The average molecular weight is 196 g/mol. The molecular weight excluding hydrogens is 180 g/mol. The van der Waals surface area contributed by atoms with Crippen molar-refractivity contribution < 1.29 is 15.0 Å². The summed E-state index contributed by atoms with van der Waals surface area (Å²) in [5.41, 5.74) is 0.450. The second kappa shape index (κ2) is 3.09. The van der Waals surface area contributed by atoms with Crippen molar-refractivity contribution >= 4 is 5.97 Å². The minimum atomic E-state index is -0.742. The molecule has 2 aliphatic carbocycles. The first-order chi connectivity index (χ1) is 6.52. The van der Waals surface area contributed by atoms with Crippen molar-refractivity contribution in [3.8, 4) is 0 Å². The highest BCUT2D eigenvalue weighted by Crippen LogP contribution is 2.48. The fourth-order valence-electron chi connectivity index (χ4n) is 3.02. The Bertz CT molecular complexity index is 295. The number of carboxylic acid groups (broad SMARTS) is 1. The lowest BCUT2D eigenvalue weighted by Crippen LogP contribution is -2.42. The van der Waals surface area contributed by atoms with Gasteiger partial charge in [0.2, 0.25) is 0 Å². The quantitative estimate of drug-likeness (QED) is 0.626. The summed E-state index contributed by atoms with van der Waals surface area (Å²) in [4.78, 5) is 11.2. The van der Waals surface area contributed by atoms with Crippen LogP contribution in [0.1, 0.15) is 32.6 Å². The number of aliphatic carboxylic acids is 1. The van der Waals surface area contributed by atoms with E-state index in [1.165, 1.54) is 0 Å². The maximum atomic E-state index is 11.2. The van der Waals surface area contributed by atoms with Gasteiger partial charge in [-0.3, -0.25) is 4.79 Å². The predicted molar refractivity (Wildman–Crippen MR) is 51.8 cm³/mol. The van der Waals surface area contributed by atoms with Crippen LogP contribution in [0.2, 0.25) is 0 Å². The van der Waals surface area contributed by atoms with Gasteiger partial charge in [-0.25, -0.2) is 0 Å². The largest absolute Gasteiger partial charge is 0.481 e. The molecule has 0 radical (unpaired) electrons.